The van der Waals surface area contributed by atoms with Crippen molar-refractivity contribution in [3.63, 3.8) is 0 Å². The van der Waals surface area contributed by atoms with Gasteiger partial charge in [0, 0.05) is 17.4 Å². The standard InChI is InChI=1S/C22H21N3O7S/c1-14(23-22(27)19-3-2-10-30-19)21(26)24-15-4-6-16(7-5-15)25-33(28,29)17-8-9-18-20(13-17)32-12-11-31-18/h2-10,13-14,25H,11-12H2,1H3,(H,23,27)(H,24,26)/t14-/m0/s1. The summed E-state index contributed by atoms with van der Waals surface area (Å²) in [6, 6.07) is 12.7. The zero-order valence-corrected chi connectivity index (χ0v) is 18.3. The first-order valence-electron chi connectivity index (χ1n) is 9.99. The van der Waals surface area contributed by atoms with Crippen LogP contribution in [0.2, 0.25) is 0 Å². The first-order chi connectivity index (χ1) is 15.8. The van der Waals surface area contributed by atoms with Gasteiger partial charge < -0.3 is 24.5 Å². The van der Waals surface area contributed by atoms with Crippen LogP contribution in [0.25, 0.3) is 0 Å². The molecule has 0 saturated heterocycles. The number of anilines is 2. The zero-order valence-electron chi connectivity index (χ0n) is 17.5. The van der Waals surface area contributed by atoms with Crippen molar-refractivity contribution >= 4 is 33.2 Å². The van der Waals surface area contributed by atoms with Gasteiger partial charge in [0.05, 0.1) is 11.2 Å². The Labute approximate surface area is 189 Å². The van der Waals surface area contributed by atoms with E-state index in [1.165, 1.54) is 43.5 Å². The Morgan fingerprint density at radius 2 is 1.64 bits per heavy atom. The molecular weight excluding hydrogens is 450 g/mol. The van der Waals surface area contributed by atoms with Gasteiger partial charge in [0.1, 0.15) is 19.3 Å². The van der Waals surface area contributed by atoms with E-state index in [9.17, 15) is 18.0 Å². The zero-order chi connectivity index (χ0) is 23.4. The minimum Gasteiger partial charge on any atom is -0.486 e. The van der Waals surface area contributed by atoms with E-state index in [4.69, 9.17) is 13.9 Å². The maximum atomic E-state index is 12.7. The van der Waals surface area contributed by atoms with Crippen LogP contribution in [0.5, 0.6) is 11.5 Å². The normalized spacial score (nSPS) is 13.6. The maximum Gasteiger partial charge on any atom is 0.287 e. The minimum absolute atomic E-state index is 0.0326. The lowest BCUT2D eigenvalue weighted by Gasteiger charge is -2.19. The highest BCUT2D eigenvalue weighted by atomic mass is 32.2. The van der Waals surface area contributed by atoms with Gasteiger partial charge in [-0.1, -0.05) is 0 Å². The molecule has 0 unspecified atom stereocenters. The number of hydrogen-bond donors (Lipinski definition) is 3. The Morgan fingerprint density at radius 3 is 2.33 bits per heavy atom. The molecule has 0 radical (unpaired) electrons. The van der Waals surface area contributed by atoms with E-state index in [1.54, 1.807) is 24.3 Å². The van der Waals surface area contributed by atoms with E-state index in [-0.39, 0.29) is 10.7 Å². The molecule has 0 saturated carbocycles. The van der Waals surface area contributed by atoms with Crippen molar-refractivity contribution in [2.45, 2.75) is 17.9 Å². The van der Waals surface area contributed by atoms with Crippen molar-refractivity contribution in [3.8, 4) is 11.5 Å². The highest BCUT2D eigenvalue weighted by Crippen LogP contribution is 2.32. The molecule has 0 spiro atoms. The van der Waals surface area contributed by atoms with E-state index in [0.29, 0.717) is 36.1 Å². The number of amides is 2. The average Bonchev–Trinajstić information content (AvgIpc) is 3.35. The molecule has 0 fully saturated rings. The second-order valence-electron chi connectivity index (χ2n) is 7.15. The van der Waals surface area contributed by atoms with Crippen LogP contribution >= 0.6 is 0 Å². The predicted octanol–water partition coefficient (Wildman–Crippen LogP) is 2.61. The summed E-state index contributed by atoms with van der Waals surface area (Å²) in [6.07, 6.45) is 1.36. The van der Waals surface area contributed by atoms with Gasteiger partial charge >= 0.3 is 0 Å². The molecule has 1 aliphatic heterocycles. The molecule has 3 aromatic rings. The first kappa shape index (κ1) is 22.2. The van der Waals surface area contributed by atoms with Crippen molar-refractivity contribution in [1.29, 1.82) is 0 Å². The number of hydrogen-bond acceptors (Lipinski definition) is 7. The summed E-state index contributed by atoms with van der Waals surface area (Å²) in [5.74, 6) is 0.0145. The SMILES string of the molecule is C[C@H](NC(=O)c1ccco1)C(=O)Nc1ccc(NS(=O)(=O)c2ccc3c(c2)OCCO3)cc1. The summed E-state index contributed by atoms with van der Waals surface area (Å²) < 4.78 is 43.8. The van der Waals surface area contributed by atoms with E-state index in [0.717, 1.165) is 0 Å². The molecule has 0 bridgehead atoms. The number of nitrogens with one attached hydrogen (secondary N) is 3. The van der Waals surface area contributed by atoms with Gasteiger partial charge in [-0.05, 0) is 55.5 Å². The number of sulfonamides is 1. The number of carbonyl (C=O) groups is 2. The number of rotatable bonds is 7. The summed E-state index contributed by atoms with van der Waals surface area (Å²) in [5, 5.41) is 5.19. The van der Waals surface area contributed by atoms with Crippen LogP contribution in [-0.2, 0) is 14.8 Å². The van der Waals surface area contributed by atoms with Crippen molar-refractivity contribution in [3.05, 3.63) is 66.6 Å². The number of carbonyl (C=O) groups excluding carboxylic acids is 2. The van der Waals surface area contributed by atoms with Gasteiger partial charge in [-0.2, -0.15) is 0 Å². The average molecular weight is 471 g/mol. The highest BCUT2D eigenvalue weighted by molar-refractivity contribution is 7.92. The van der Waals surface area contributed by atoms with Crippen molar-refractivity contribution in [1.82, 2.24) is 5.32 Å². The second kappa shape index (κ2) is 9.25. The fourth-order valence-electron chi connectivity index (χ4n) is 3.02. The molecule has 2 heterocycles. The second-order valence-corrected chi connectivity index (χ2v) is 8.83. The largest absolute Gasteiger partial charge is 0.486 e. The van der Waals surface area contributed by atoms with Gasteiger partial charge in [-0.25, -0.2) is 8.42 Å². The van der Waals surface area contributed by atoms with Crippen LogP contribution in [0.4, 0.5) is 11.4 Å². The Bertz CT molecular complexity index is 1260. The van der Waals surface area contributed by atoms with E-state index >= 15 is 0 Å². The number of ether oxygens (including phenoxy) is 2. The minimum atomic E-state index is -3.86. The number of benzene rings is 2. The third kappa shape index (κ3) is 5.26. The number of fused-ring (bicyclic) bond motifs is 1. The highest BCUT2D eigenvalue weighted by Gasteiger charge is 2.20. The molecule has 2 aromatic carbocycles. The molecule has 3 N–H and O–H groups in total. The quantitative estimate of drug-likeness (QED) is 0.482. The van der Waals surface area contributed by atoms with E-state index in [1.807, 2.05) is 0 Å². The third-order valence-corrected chi connectivity index (χ3v) is 6.09. The van der Waals surface area contributed by atoms with Gasteiger partial charge in [-0.15, -0.1) is 0 Å². The van der Waals surface area contributed by atoms with Crippen LogP contribution in [0.1, 0.15) is 17.5 Å². The summed E-state index contributed by atoms with van der Waals surface area (Å²) >= 11 is 0. The molecule has 0 aliphatic carbocycles. The van der Waals surface area contributed by atoms with Crippen molar-refractivity contribution in [2.24, 2.45) is 0 Å². The van der Waals surface area contributed by atoms with Crippen LogP contribution < -0.4 is 24.8 Å². The monoisotopic (exact) mass is 471 g/mol. The van der Waals surface area contributed by atoms with Gasteiger partial charge in [0.25, 0.3) is 15.9 Å². The lowest BCUT2D eigenvalue weighted by atomic mass is 10.2. The molecule has 172 valence electrons. The number of furan rings is 1. The molecule has 10 nitrogen and oxygen atoms in total. The Morgan fingerprint density at radius 1 is 0.939 bits per heavy atom. The maximum absolute atomic E-state index is 12.7. The predicted molar refractivity (Wildman–Crippen MR) is 119 cm³/mol. The summed E-state index contributed by atoms with van der Waals surface area (Å²) in [4.78, 5) is 24.4. The summed E-state index contributed by atoms with van der Waals surface area (Å²) in [7, 11) is -3.86. The van der Waals surface area contributed by atoms with Crippen LogP contribution in [0, 0.1) is 0 Å². The molecule has 2 amide bonds. The molecule has 1 aliphatic rings. The smallest absolute Gasteiger partial charge is 0.287 e. The Hall–Kier alpha value is -3.99. The first-order valence-corrected chi connectivity index (χ1v) is 11.5. The van der Waals surface area contributed by atoms with Gasteiger partial charge in [0.15, 0.2) is 17.3 Å². The molecule has 11 heteroatoms. The van der Waals surface area contributed by atoms with Crippen molar-refractivity contribution in [2.75, 3.05) is 23.3 Å². The molecule has 33 heavy (non-hydrogen) atoms. The Kier molecular flexibility index (Phi) is 6.22. The summed E-state index contributed by atoms with van der Waals surface area (Å²) in [5.41, 5.74) is 0.739. The van der Waals surface area contributed by atoms with Gasteiger partial charge in [0.2, 0.25) is 5.91 Å². The van der Waals surface area contributed by atoms with Crippen LogP contribution in [0.15, 0.2) is 70.2 Å². The molecular formula is C22H21N3O7S. The van der Waals surface area contributed by atoms with Gasteiger partial charge in [-0.3, -0.25) is 14.3 Å². The molecule has 1 aromatic heterocycles. The topological polar surface area (TPSA) is 136 Å². The fourth-order valence-corrected chi connectivity index (χ4v) is 4.09. The summed E-state index contributed by atoms with van der Waals surface area (Å²) in [6.45, 7) is 2.30. The van der Waals surface area contributed by atoms with Crippen LogP contribution in [-0.4, -0.2) is 39.5 Å². The molecule has 1 atom stereocenters. The van der Waals surface area contributed by atoms with E-state index in [2.05, 4.69) is 15.4 Å². The van der Waals surface area contributed by atoms with Crippen LogP contribution in [0.3, 0.4) is 0 Å². The lowest BCUT2D eigenvalue weighted by Crippen LogP contribution is -2.41. The van der Waals surface area contributed by atoms with E-state index < -0.39 is 27.9 Å². The van der Waals surface area contributed by atoms with Crippen molar-refractivity contribution < 1.29 is 31.9 Å². The third-order valence-electron chi connectivity index (χ3n) is 4.71. The molecule has 4 rings (SSSR count). The fraction of sp³-hybridized carbons (Fsp3) is 0.182. The Balaban J connectivity index is 1.36. The lowest BCUT2D eigenvalue weighted by molar-refractivity contribution is -0.117.